The van der Waals surface area contributed by atoms with Crippen molar-refractivity contribution in [2.24, 2.45) is 11.7 Å². The van der Waals surface area contributed by atoms with Crippen LogP contribution in [0.5, 0.6) is 0 Å². The first-order valence-electron chi connectivity index (χ1n) is 11.2. The monoisotopic (exact) mass is 508 g/mol. The lowest BCUT2D eigenvalue weighted by molar-refractivity contribution is -0.147. The van der Waals surface area contributed by atoms with Crippen LogP contribution in [0.1, 0.15) is 38.7 Å². The van der Waals surface area contributed by atoms with E-state index in [1.165, 1.54) is 0 Å². The molecule has 13 heteroatoms. The zero-order valence-electron chi connectivity index (χ0n) is 20.0. The van der Waals surface area contributed by atoms with Crippen LogP contribution in [0.4, 0.5) is 0 Å². The van der Waals surface area contributed by atoms with Crippen molar-refractivity contribution in [3.63, 3.8) is 0 Å². The summed E-state index contributed by atoms with van der Waals surface area (Å²) in [5.41, 5.74) is 6.43. The van der Waals surface area contributed by atoms with Gasteiger partial charge in [0, 0.05) is 12.8 Å². The van der Waals surface area contributed by atoms with Gasteiger partial charge in [0.25, 0.3) is 0 Å². The van der Waals surface area contributed by atoms with Gasteiger partial charge in [-0.3, -0.25) is 24.0 Å². The fourth-order valence-corrected chi connectivity index (χ4v) is 3.17. The molecule has 0 bridgehead atoms. The van der Waals surface area contributed by atoms with E-state index in [1.807, 2.05) is 0 Å². The molecule has 0 aromatic heterocycles. The number of hydrogen-bond donors (Lipinski definition) is 7. The second-order valence-corrected chi connectivity index (χ2v) is 8.52. The third-order valence-corrected chi connectivity index (χ3v) is 5.16. The number of nitrogens with one attached hydrogen (secondary N) is 3. The molecule has 1 aromatic carbocycles. The van der Waals surface area contributed by atoms with Gasteiger partial charge in [0.15, 0.2) is 0 Å². The lowest BCUT2D eigenvalue weighted by atomic mass is 10.00. The Bertz CT molecular complexity index is 952. The zero-order valence-corrected chi connectivity index (χ0v) is 20.0. The predicted molar refractivity (Wildman–Crippen MR) is 126 cm³/mol. The summed E-state index contributed by atoms with van der Waals surface area (Å²) in [5, 5.41) is 34.0. The minimum atomic E-state index is -1.71. The van der Waals surface area contributed by atoms with Crippen molar-refractivity contribution in [1.29, 1.82) is 0 Å². The molecule has 4 atom stereocenters. The summed E-state index contributed by atoms with van der Waals surface area (Å²) in [6.07, 6.45) is -1.34. The number of amides is 3. The highest BCUT2D eigenvalue weighted by molar-refractivity contribution is 5.95. The number of benzene rings is 1. The lowest BCUT2D eigenvalue weighted by Crippen LogP contribution is -2.59. The molecule has 0 spiro atoms. The quantitative estimate of drug-likeness (QED) is 0.154. The molecule has 1 aromatic rings. The van der Waals surface area contributed by atoms with Gasteiger partial charge >= 0.3 is 17.9 Å². The second kappa shape index (κ2) is 14.4. The number of rotatable bonds is 15. The first kappa shape index (κ1) is 30.0. The first-order chi connectivity index (χ1) is 16.8. The van der Waals surface area contributed by atoms with Gasteiger partial charge in [0.2, 0.25) is 17.7 Å². The summed E-state index contributed by atoms with van der Waals surface area (Å²) < 4.78 is 0. The van der Waals surface area contributed by atoms with Crippen LogP contribution in [0.15, 0.2) is 30.3 Å². The van der Waals surface area contributed by atoms with Gasteiger partial charge in [-0.15, -0.1) is 0 Å². The SMILES string of the molecule is CC(C)C(NC(=O)C(Cc1ccccc1)NC(=O)C(N)CCC(=O)O)C(=O)NC(CC(=O)O)C(=O)O. The molecular weight excluding hydrogens is 476 g/mol. The average Bonchev–Trinajstić information content (AvgIpc) is 2.79. The molecule has 0 aliphatic carbocycles. The van der Waals surface area contributed by atoms with E-state index in [2.05, 4.69) is 16.0 Å². The van der Waals surface area contributed by atoms with Crippen molar-refractivity contribution in [2.45, 2.75) is 63.7 Å². The molecule has 36 heavy (non-hydrogen) atoms. The molecule has 0 fully saturated rings. The molecule has 0 saturated heterocycles. The van der Waals surface area contributed by atoms with Crippen LogP contribution >= 0.6 is 0 Å². The van der Waals surface area contributed by atoms with Crippen LogP contribution in [-0.4, -0.2) is 75.1 Å². The molecule has 0 saturated carbocycles. The summed E-state index contributed by atoms with van der Waals surface area (Å²) >= 11 is 0. The topological polar surface area (TPSA) is 225 Å². The highest BCUT2D eigenvalue weighted by atomic mass is 16.4. The van der Waals surface area contributed by atoms with Gasteiger partial charge in [-0.2, -0.15) is 0 Å². The Morgan fingerprint density at radius 3 is 1.89 bits per heavy atom. The van der Waals surface area contributed by atoms with Crippen LogP contribution in [0, 0.1) is 5.92 Å². The molecule has 13 nitrogen and oxygen atoms in total. The van der Waals surface area contributed by atoms with E-state index in [9.17, 15) is 33.9 Å². The normalized spacial score (nSPS) is 14.1. The maximum absolute atomic E-state index is 13.1. The number of carbonyl (C=O) groups excluding carboxylic acids is 3. The van der Waals surface area contributed by atoms with Crippen molar-refractivity contribution in [3.05, 3.63) is 35.9 Å². The maximum Gasteiger partial charge on any atom is 0.326 e. The van der Waals surface area contributed by atoms with Crippen molar-refractivity contribution in [2.75, 3.05) is 0 Å². The molecule has 0 aliphatic heterocycles. The summed E-state index contributed by atoms with van der Waals surface area (Å²) in [6.45, 7) is 3.17. The van der Waals surface area contributed by atoms with Crippen LogP contribution < -0.4 is 21.7 Å². The lowest BCUT2D eigenvalue weighted by Gasteiger charge is -2.27. The molecule has 8 N–H and O–H groups in total. The fraction of sp³-hybridized carbons (Fsp3) is 0.478. The van der Waals surface area contributed by atoms with Crippen LogP contribution in [-0.2, 0) is 35.2 Å². The van der Waals surface area contributed by atoms with Gasteiger partial charge in [0.1, 0.15) is 18.1 Å². The van der Waals surface area contributed by atoms with E-state index in [4.69, 9.17) is 15.9 Å². The summed E-state index contributed by atoms with van der Waals surface area (Å²) in [7, 11) is 0. The Kier molecular flexibility index (Phi) is 12.0. The van der Waals surface area contributed by atoms with Gasteiger partial charge < -0.3 is 37.0 Å². The Hall–Kier alpha value is -4.00. The highest BCUT2D eigenvalue weighted by Gasteiger charge is 2.32. The fourth-order valence-electron chi connectivity index (χ4n) is 3.17. The van der Waals surface area contributed by atoms with Gasteiger partial charge in [-0.25, -0.2) is 4.79 Å². The summed E-state index contributed by atoms with van der Waals surface area (Å²) in [6, 6.07) is 3.30. The molecule has 198 valence electrons. The molecule has 0 radical (unpaired) electrons. The Labute approximate surface area is 207 Å². The van der Waals surface area contributed by atoms with Crippen molar-refractivity contribution in [1.82, 2.24) is 16.0 Å². The third-order valence-electron chi connectivity index (χ3n) is 5.16. The smallest absolute Gasteiger partial charge is 0.326 e. The average molecular weight is 509 g/mol. The Morgan fingerprint density at radius 1 is 0.806 bits per heavy atom. The molecule has 0 aliphatic rings. The maximum atomic E-state index is 13.1. The second-order valence-electron chi connectivity index (χ2n) is 8.52. The van der Waals surface area contributed by atoms with Crippen LogP contribution in [0.3, 0.4) is 0 Å². The van der Waals surface area contributed by atoms with E-state index < -0.39 is 72.1 Å². The number of aliphatic carboxylic acids is 3. The standard InChI is InChI=1S/C23H32N4O9/c1-12(2)19(22(34)26-16(23(35)36)11-18(30)31)27-21(33)15(10-13-6-4-3-5-7-13)25-20(32)14(24)8-9-17(28)29/h3-7,12,14-16,19H,8-11,24H2,1-2H3,(H,25,32)(H,26,34)(H,27,33)(H,28,29)(H,30,31)(H,35,36). The predicted octanol–water partition coefficient (Wildman–Crippen LogP) is -0.909. The molecule has 4 unspecified atom stereocenters. The van der Waals surface area contributed by atoms with Crippen LogP contribution in [0.2, 0.25) is 0 Å². The minimum absolute atomic E-state index is 0.0211. The summed E-state index contributed by atoms with van der Waals surface area (Å²) in [4.78, 5) is 71.4. The van der Waals surface area contributed by atoms with Gasteiger partial charge in [-0.1, -0.05) is 44.2 Å². The Balaban J connectivity index is 3.06. The number of nitrogens with two attached hydrogens (primary N) is 1. The molecule has 3 amide bonds. The largest absolute Gasteiger partial charge is 0.481 e. The Morgan fingerprint density at radius 2 is 1.39 bits per heavy atom. The summed E-state index contributed by atoms with van der Waals surface area (Å²) in [5.74, 6) is -7.08. The number of carboxylic acids is 3. The molecular formula is C23H32N4O9. The minimum Gasteiger partial charge on any atom is -0.481 e. The van der Waals surface area contributed by atoms with E-state index in [0.29, 0.717) is 5.56 Å². The van der Waals surface area contributed by atoms with Gasteiger partial charge in [-0.05, 0) is 17.9 Å². The van der Waals surface area contributed by atoms with E-state index in [1.54, 1.807) is 44.2 Å². The third kappa shape index (κ3) is 10.5. The van der Waals surface area contributed by atoms with E-state index >= 15 is 0 Å². The van der Waals surface area contributed by atoms with Crippen molar-refractivity contribution >= 4 is 35.6 Å². The number of carboxylic acid groups (broad SMARTS) is 3. The van der Waals surface area contributed by atoms with E-state index in [0.717, 1.165) is 0 Å². The number of carbonyl (C=O) groups is 6. The van der Waals surface area contributed by atoms with Gasteiger partial charge in [0.05, 0.1) is 12.5 Å². The first-order valence-corrected chi connectivity index (χ1v) is 11.2. The van der Waals surface area contributed by atoms with Crippen LogP contribution in [0.25, 0.3) is 0 Å². The number of hydrogen-bond acceptors (Lipinski definition) is 7. The van der Waals surface area contributed by atoms with Crippen molar-refractivity contribution < 1.29 is 44.1 Å². The highest BCUT2D eigenvalue weighted by Crippen LogP contribution is 2.08. The molecule has 1 rings (SSSR count). The molecule has 0 heterocycles. The zero-order chi connectivity index (χ0) is 27.4. The van der Waals surface area contributed by atoms with E-state index in [-0.39, 0.29) is 19.3 Å². The van der Waals surface area contributed by atoms with Crippen molar-refractivity contribution in [3.8, 4) is 0 Å².